The summed E-state index contributed by atoms with van der Waals surface area (Å²) in [6, 6.07) is 5.87. The molecule has 4 heteroatoms. The van der Waals surface area contributed by atoms with Crippen LogP contribution in [-0.4, -0.2) is 21.2 Å². The molecule has 0 fully saturated rings. The number of aromatic nitrogens is 1. The Kier molecular flexibility index (Phi) is 1.81. The summed E-state index contributed by atoms with van der Waals surface area (Å²) in [5.74, 6) is -0.899. The molecule has 0 spiro atoms. The van der Waals surface area contributed by atoms with Gasteiger partial charge in [-0.15, -0.1) is 0 Å². The third-order valence-corrected chi connectivity index (χ3v) is 1.97. The number of carboxylic acids is 1. The summed E-state index contributed by atoms with van der Waals surface area (Å²) in [6.07, 6.45) is 1.43. The van der Waals surface area contributed by atoms with Crippen LogP contribution < -0.4 is 0 Å². The SMILES string of the molecule is O=C(O)c1ccc2c(O)ccnc2c1. The van der Waals surface area contributed by atoms with E-state index in [0.29, 0.717) is 10.9 Å². The average Bonchev–Trinajstić information content (AvgIpc) is 2.17. The predicted molar refractivity (Wildman–Crippen MR) is 50.4 cm³/mol. The second kappa shape index (κ2) is 2.99. The number of pyridine rings is 1. The molecule has 14 heavy (non-hydrogen) atoms. The minimum atomic E-state index is -1.00. The van der Waals surface area contributed by atoms with Crippen molar-refractivity contribution in [1.82, 2.24) is 4.98 Å². The minimum Gasteiger partial charge on any atom is -0.507 e. The number of aromatic carboxylic acids is 1. The summed E-state index contributed by atoms with van der Waals surface area (Å²) in [6.45, 7) is 0. The van der Waals surface area contributed by atoms with Gasteiger partial charge < -0.3 is 10.2 Å². The fourth-order valence-corrected chi connectivity index (χ4v) is 1.27. The molecule has 0 aliphatic carbocycles. The lowest BCUT2D eigenvalue weighted by Crippen LogP contribution is -1.95. The molecular formula is C10H7NO3. The Morgan fingerprint density at radius 3 is 2.79 bits per heavy atom. The molecule has 0 aliphatic heterocycles. The van der Waals surface area contributed by atoms with Crippen LogP contribution in [0.1, 0.15) is 10.4 Å². The second-order valence-corrected chi connectivity index (χ2v) is 2.87. The first-order valence-corrected chi connectivity index (χ1v) is 3.99. The van der Waals surface area contributed by atoms with Crippen LogP contribution in [0.3, 0.4) is 0 Å². The van der Waals surface area contributed by atoms with Crippen molar-refractivity contribution in [2.24, 2.45) is 0 Å². The Labute approximate surface area is 79.4 Å². The number of rotatable bonds is 1. The van der Waals surface area contributed by atoms with E-state index in [-0.39, 0.29) is 11.3 Å². The van der Waals surface area contributed by atoms with Crippen molar-refractivity contribution in [3.63, 3.8) is 0 Å². The summed E-state index contributed by atoms with van der Waals surface area (Å²) in [5, 5.41) is 18.7. The molecule has 2 N–H and O–H groups in total. The Morgan fingerprint density at radius 1 is 1.29 bits per heavy atom. The number of fused-ring (bicyclic) bond motifs is 1. The zero-order chi connectivity index (χ0) is 10.1. The quantitative estimate of drug-likeness (QED) is 0.715. The van der Waals surface area contributed by atoms with Crippen LogP contribution in [0.5, 0.6) is 5.75 Å². The summed E-state index contributed by atoms with van der Waals surface area (Å²) < 4.78 is 0. The summed E-state index contributed by atoms with van der Waals surface area (Å²) in [7, 11) is 0. The van der Waals surface area contributed by atoms with Gasteiger partial charge in [-0.1, -0.05) is 0 Å². The van der Waals surface area contributed by atoms with Gasteiger partial charge in [-0.3, -0.25) is 4.98 Å². The number of nitrogens with zero attached hydrogens (tertiary/aromatic N) is 1. The molecule has 2 aromatic rings. The molecule has 0 radical (unpaired) electrons. The largest absolute Gasteiger partial charge is 0.507 e. The van der Waals surface area contributed by atoms with E-state index in [2.05, 4.69) is 4.98 Å². The molecule has 0 unspecified atom stereocenters. The Morgan fingerprint density at radius 2 is 2.07 bits per heavy atom. The lowest BCUT2D eigenvalue weighted by molar-refractivity contribution is 0.0697. The average molecular weight is 189 g/mol. The second-order valence-electron chi connectivity index (χ2n) is 2.87. The van der Waals surface area contributed by atoms with Crippen molar-refractivity contribution in [3.8, 4) is 5.75 Å². The molecule has 1 aromatic heterocycles. The van der Waals surface area contributed by atoms with E-state index in [9.17, 15) is 9.90 Å². The molecular weight excluding hydrogens is 182 g/mol. The van der Waals surface area contributed by atoms with Crippen LogP contribution >= 0.6 is 0 Å². The number of benzene rings is 1. The molecule has 0 aliphatic rings. The van der Waals surface area contributed by atoms with Gasteiger partial charge in [-0.25, -0.2) is 4.79 Å². The molecule has 0 atom stereocenters. The smallest absolute Gasteiger partial charge is 0.335 e. The van der Waals surface area contributed by atoms with E-state index in [1.165, 1.54) is 24.4 Å². The monoisotopic (exact) mass is 189 g/mol. The molecule has 4 nitrogen and oxygen atoms in total. The molecule has 0 saturated carbocycles. The molecule has 0 saturated heterocycles. The van der Waals surface area contributed by atoms with E-state index in [1.807, 2.05) is 0 Å². The van der Waals surface area contributed by atoms with Gasteiger partial charge in [0.1, 0.15) is 5.75 Å². The third-order valence-electron chi connectivity index (χ3n) is 1.97. The van der Waals surface area contributed by atoms with E-state index in [4.69, 9.17) is 5.11 Å². The van der Waals surface area contributed by atoms with Crippen LogP contribution in [0, 0.1) is 0 Å². The highest BCUT2D eigenvalue weighted by atomic mass is 16.4. The van der Waals surface area contributed by atoms with E-state index in [1.54, 1.807) is 6.07 Å². The van der Waals surface area contributed by atoms with Crippen LogP contribution in [-0.2, 0) is 0 Å². The first-order chi connectivity index (χ1) is 6.68. The van der Waals surface area contributed by atoms with Crippen LogP contribution in [0.2, 0.25) is 0 Å². The molecule has 0 amide bonds. The molecule has 0 bridgehead atoms. The van der Waals surface area contributed by atoms with Gasteiger partial charge in [0.05, 0.1) is 11.1 Å². The maximum absolute atomic E-state index is 10.6. The van der Waals surface area contributed by atoms with Crippen LogP contribution in [0.25, 0.3) is 10.9 Å². The fraction of sp³-hybridized carbons (Fsp3) is 0. The third kappa shape index (κ3) is 1.26. The Balaban J connectivity index is 2.73. The van der Waals surface area contributed by atoms with Crippen molar-refractivity contribution in [1.29, 1.82) is 0 Å². The molecule has 2 rings (SSSR count). The van der Waals surface area contributed by atoms with Gasteiger partial charge in [0.15, 0.2) is 0 Å². The number of hydrogen-bond donors (Lipinski definition) is 2. The van der Waals surface area contributed by atoms with Crippen LogP contribution in [0.15, 0.2) is 30.5 Å². The van der Waals surface area contributed by atoms with Gasteiger partial charge in [-0.2, -0.15) is 0 Å². The number of hydrogen-bond acceptors (Lipinski definition) is 3. The van der Waals surface area contributed by atoms with Gasteiger partial charge in [0.2, 0.25) is 0 Å². The summed E-state index contributed by atoms with van der Waals surface area (Å²) in [4.78, 5) is 14.6. The lowest BCUT2D eigenvalue weighted by Gasteiger charge is -2.00. The normalized spacial score (nSPS) is 10.3. The lowest BCUT2D eigenvalue weighted by atomic mass is 10.1. The molecule has 70 valence electrons. The highest BCUT2D eigenvalue weighted by Crippen LogP contribution is 2.22. The van der Waals surface area contributed by atoms with Gasteiger partial charge in [0.25, 0.3) is 0 Å². The Bertz CT molecular complexity index is 508. The van der Waals surface area contributed by atoms with Crippen LogP contribution in [0.4, 0.5) is 0 Å². The highest BCUT2D eigenvalue weighted by molar-refractivity contribution is 5.94. The summed E-state index contributed by atoms with van der Waals surface area (Å²) >= 11 is 0. The van der Waals surface area contributed by atoms with E-state index < -0.39 is 5.97 Å². The predicted octanol–water partition coefficient (Wildman–Crippen LogP) is 1.64. The maximum atomic E-state index is 10.6. The first kappa shape index (κ1) is 8.50. The number of carbonyl (C=O) groups is 1. The zero-order valence-corrected chi connectivity index (χ0v) is 7.14. The van der Waals surface area contributed by atoms with Crippen molar-refractivity contribution in [2.75, 3.05) is 0 Å². The molecule has 1 heterocycles. The van der Waals surface area contributed by atoms with E-state index >= 15 is 0 Å². The first-order valence-electron chi connectivity index (χ1n) is 3.99. The topological polar surface area (TPSA) is 70.4 Å². The van der Waals surface area contributed by atoms with Crippen molar-refractivity contribution in [3.05, 3.63) is 36.0 Å². The zero-order valence-electron chi connectivity index (χ0n) is 7.14. The van der Waals surface area contributed by atoms with Crippen molar-refractivity contribution in [2.45, 2.75) is 0 Å². The van der Waals surface area contributed by atoms with Crippen molar-refractivity contribution < 1.29 is 15.0 Å². The standard InChI is InChI=1S/C10H7NO3/c12-9-3-4-11-8-5-6(10(13)14)1-2-7(8)9/h1-5H,(H,11,12)(H,13,14). The Hall–Kier alpha value is -2.10. The van der Waals surface area contributed by atoms with E-state index in [0.717, 1.165) is 0 Å². The molecule has 1 aromatic carbocycles. The maximum Gasteiger partial charge on any atom is 0.335 e. The van der Waals surface area contributed by atoms with Gasteiger partial charge in [0, 0.05) is 11.6 Å². The fourth-order valence-electron chi connectivity index (χ4n) is 1.27. The van der Waals surface area contributed by atoms with Gasteiger partial charge >= 0.3 is 5.97 Å². The minimum absolute atomic E-state index is 0.104. The van der Waals surface area contributed by atoms with Crippen molar-refractivity contribution >= 4 is 16.9 Å². The number of carboxylic acid groups (broad SMARTS) is 1. The highest BCUT2D eigenvalue weighted by Gasteiger charge is 2.05. The number of aromatic hydroxyl groups is 1. The van der Waals surface area contributed by atoms with Gasteiger partial charge in [-0.05, 0) is 24.3 Å². The summed E-state index contributed by atoms with van der Waals surface area (Å²) in [5.41, 5.74) is 0.639.